The first kappa shape index (κ1) is 14.9. The molecular weight excluding hydrogens is 235 g/mol. The SMILES string of the molecule is CCCC(OCC)C(O)c1ccc(OC)c(F)c1. The third kappa shape index (κ3) is 3.68. The molecule has 18 heavy (non-hydrogen) atoms. The van der Waals surface area contributed by atoms with Crippen LogP contribution in [0, 0.1) is 5.82 Å². The third-order valence-electron chi connectivity index (χ3n) is 2.82. The van der Waals surface area contributed by atoms with Crippen LogP contribution in [0.3, 0.4) is 0 Å². The molecule has 0 bridgehead atoms. The first-order valence-corrected chi connectivity index (χ1v) is 6.27. The molecule has 3 nitrogen and oxygen atoms in total. The lowest BCUT2D eigenvalue weighted by molar-refractivity contribution is -0.0385. The maximum Gasteiger partial charge on any atom is 0.165 e. The Balaban J connectivity index is 2.86. The van der Waals surface area contributed by atoms with E-state index < -0.39 is 11.9 Å². The van der Waals surface area contributed by atoms with Gasteiger partial charge in [-0.2, -0.15) is 0 Å². The highest BCUT2D eigenvalue weighted by atomic mass is 19.1. The molecule has 0 aliphatic carbocycles. The number of aliphatic hydroxyl groups excluding tert-OH is 1. The highest BCUT2D eigenvalue weighted by Gasteiger charge is 2.21. The van der Waals surface area contributed by atoms with Crippen LogP contribution < -0.4 is 4.74 Å². The average Bonchev–Trinajstić information content (AvgIpc) is 2.37. The minimum atomic E-state index is -0.815. The quantitative estimate of drug-likeness (QED) is 0.814. The zero-order valence-electron chi connectivity index (χ0n) is 11.1. The van der Waals surface area contributed by atoms with Crippen LogP contribution in [-0.2, 0) is 4.74 Å². The van der Waals surface area contributed by atoms with E-state index in [1.54, 1.807) is 6.07 Å². The van der Waals surface area contributed by atoms with E-state index in [9.17, 15) is 9.50 Å². The Hall–Kier alpha value is -1.13. The molecule has 1 rings (SSSR count). The van der Waals surface area contributed by atoms with Crippen LogP contribution in [0.5, 0.6) is 5.75 Å². The molecule has 0 amide bonds. The molecule has 0 heterocycles. The summed E-state index contributed by atoms with van der Waals surface area (Å²) in [6.45, 7) is 4.43. The highest BCUT2D eigenvalue weighted by Crippen LogP contribution is 2.26. The van der Waals surface area contributed by atoms with Crippen LogP contribution in [-0.4, -0.2) is 24.9 Å². The van der Waals surface area contributed by atoms with E-state index in [0.29, 0.717) is 12.2 Å². The number of hydrogen-bond donors (Lipinski definition) is 1. The van der Waals surface area contributed by atoms with E-state index in [0.717, 1.165) is 12.8 Å². The van der Waals surface area contributed by atoms with Gasteiger partial charge in [0.2, 0.25) is 0 Å². The van der Waals surface area contributed by atoms with E-state index in [1.165, 1.54) is 19.2 Å². The largest absolute Gasteiger partial charge is 0.494 e. The van der Waals surface area contributed by atoms with Crippen molar-refractivity contribution in [2.75, 3.05) is 13.7 Å². The molecule has 0 aliphatic heterocycles. The second kappa shape index (κ2) is 7.34. The Bertz CT molecular complexity index is 362. The summed E-state index contributed by atoms with van der Waals surface area (Å²) in [6.07, 6.45) is 0.529. The summed E-state index contributed by atoms with van der Waals surface area (Å²) in [7, 11) is 1.41. The van der Waals surface area contributed by atoms with Gasteiger partial charge in [0.1, 0.15) is 6.10 Å². The molecule has 2 atom stereocenters. The van der Waals surface area contributed by atoms with Gasteiger partial charge in [0.15, 0.2) is 11.6 Å². The van der Waals surface area contributed by atoms with Crippen molar-refractivity contribution in [2.45, 2.75) is 38.9 Å². The summed E-state index contributed by atoms with van der Waals surface area (Å²) in [6, 6.07) is 4.47. The fourth-order valence-corrected chi connectivity index (χ4v) is 1.91. The smallest absolute Gasteiger partial charge is 0.165 e. The maximum atomic E-state index is 13.6. The molecule has 102 valence electrons. The summed E-state index contributed by atoms with van der Waals surface area (Å²) in [5, 5.41) is 10.2. The average molecular weight is 256 g/mol. The van der Waals surface area contributed by atoms with Gasteiger partial charge < -0.3 is 14.6 Å². The number of rotatable bonds is 7. The standard InChI is InChI=1S/C14H21FO3/c1-4-6-13(18-5-2)14(16)10-7-8-12(17-3)11(15)9-10/h7-9,13-14,16H,4-6H2,1-3H3. The van der Waals surface area contributed by atoms with Gasteiger partial charge in [0.05, 0.1) is 13.2 Å². The van der Waals surface area contributed by atoms with Crippen LogP contribution in [0.1, 0.15) is 38.4 Å². The molecule has 0 fully saturated rings. The fraction of sp³-hybridized carbons (Fsp3) is 0.571. The topological polar surface area (TPSA) is 38.7 Å². The molecule has 0 radical (unpaired) electrons. The van der Waals surface area contributed by atoms with Gasteiger partial charge in [-0.1, -0.05) is 19.4 Å². The minimum Gasteiger partial charge on any atom is -0.494 e. The minimum absolute atomic E-state index is 0.175. The first-order chi connectivity index (χ1) is 8.63. The maximum absolute atomic E-state index is 13.6. The molecule has 4 heteroatoms. The molecule has 2 unspecified atom stereocenters. The van der Waals surface area contributed by atoms with Crippen molar-refractivity contribution in [3.8, 4) is 5.75 Å². The molecule has 0 saturated carbocycles. The number of halogens is 1. The van der Waals surface area contributed by atoms with Gasteiger partial charge in [-0.05, 0) is 31.0 Å². The Labute approximate surface area is 108 Å². The van der Waals surface area contributed by atoms with E-state index in [1.807, 2.05) is 13.8 Å². The lowest BCUT2D eigenvalue weighted by Gasteiger charge is -2.23. The monoisotopic (exact) mass is 256 g/mol. The normalized spacial score (nSPS) is 14.3. The van der Waals surface area contributed by atoms with Crippen molar-refractivity contribution in [1.82, 2.24) is 0 Å². The van der Waals surface area contributed by atoms with E-state index in [-0.39, 0.29) is 11.9 Å². The Morgan fingerprint density at radius 3 is 2.56 bits per heavy atom. The molecule has 1 aromatic rings. The summed E-state index contributed by atoms with van der Waals surface area (Å²) >= 11 is 0. The number of aliphatic hydroxyl groups is 1. The second-order valence-electron chi connectivity index (χ2n) is 4.12. The molecule has 1 aromatic carbocycles. The van der Waals surface area contributed by atoms with Crippen LogP contribution in [0.25, 0.3) is 0 Å². The number of methoxy groups -OCH3 is 1. The van der Waals surface area contributed by atoms with Crippen molar-refractivity contribution < 1.29 is 19.0 Å². The summed E-state index contributed by atoms with van der Waals surface area (Å²) < 4.78 is 23.9. The number of ether oxygens (including phenoxy) is 2. The van der Waals surface area contributed by atoms with Crippen molar-refractivity contribution in [3.05, 3.63) is 29.6 Å². The van der Waals surface area contributed by atoms with Gasteiger partial charge in [-0.3, -0.25) is 0 Å². The van der Waals surface area contributed by atoms with Crippen LogP contribution in [0.2, 0.25) is 0 Å². The Kier molecular flexibility index (Phi) is 6.09. The lowest BCUT2D eigenvalue weighted by Crippen LogP contribution is -2.22. The van der Waals surface area contributed by atoms with Crippen molar-refractivity contribution >= 4 is 0 Å². The fourth-order valence-electron chi connectivity index (χ4n) is 1.91. The summed E-state index contributed by atoms with van der Waals surface area (Å²) in [5.74, 6) is -0.296. The van der Waals surface area contributed by atoms with Gasteiger partial charge in [-0.15, -0.1) is 0 Å². The van der Waals surface area contributed by atoms with Gasteiger partial charge in [-0.25, -0.2) is 4.39 Å². The molecular formula is C14H21FO3. The predicted octanol–water partition coefficient (Wildman–Crippen LogP) is 3.07. The number of benzene rings is 1. The summed E-state index contributed by atoms with van der Waals surface area (Å²) in [5.41, 5.74) is 0.514. The van der Waals surface area contributed by atoms with Gasteiger partial charge in [0.25, 0.3) is 0 Å². The van der Waals surface area contributed by atoms with Crippen LogP contribution >= 0.6 is 0 Å². The first-order valence-electron chi connectivity index (χ1n) is 6.27. The second-order valence-corrected chi connectivity index (χ2v) is 4.12. The van der Waals surface area contributed by atoms with Crippen molar-refractivity contribution in [3.63, 3.8) is 0 Å². The van der Waals surface area contributed by atoms with Gasteiger partial charge >= 0.3 is 0 Å². The predicted molar refractivity (Wildman–Crippen MR) is 68.2 cm³/mol. The number of hydrogen-bond acceptors (Lipinski definition) is 3. The van der Waals surface area contributed by atoms with Crippen molar-refractivity contribution in [2.24, 2.45) is 0 Å². The van der Waals surface area contributed by atoms with E-state index >= 15 is 0 Å². The Morgan fingerprint density at radius 1 is 1.33 bits per heavy atom. The molecule has 0 aliphatic rings. The molecule has 0 spiro atoms. The van der Waals surface area contributed by atoms with Crippen LogP contribution in [0.15, 0.2) is 18.2 Å². The summed E-state index contributed by atoms with van der Waals surface area (Å²) in [4.78, 5) is 0. The zero-order valence-corrected chi connectivity index (χ0v) is 11.1. The third-order valence-corrected chi connectivity index (χ3v) is 2.82. The Morgan fingerprint density at radius 2 is 2.06 bits per heavy atom. The highest BCUT2D eigenvalue weighted by molar-refractivity contribution is 5.30. The van der Waals surface area contributed by atoms with E-state index in [2.05, 4.69) is 0 Å². The molecule has 0 aromatic heterocycles. The van der Waals surface area contributed by atoms with E-state index in [4.69, 9.17) is 9.47 Å². The lowest BCUT2D eigenvalue weighted by atomic mass is 10.0. The molecule has 1 N–H and O–H groups in total. The zero-order chi connectivity index (χ0) is 13.5. The van der Waals surface area contributed by atoms with Crippen molar-refractivity contribution in [1.29, 1.82) is 0 Å². The van der Waals surface area contributed by atoms with Gasteiger partial charge in [0, 0.05) is 6.61 Å². The van der Waals surface area contributed by atoms with Crippen LogP contribution in [0.4, 0.5) is 4.39 Å². The molecule has 0 saturated heterocycles.